The molecule has 0 atom stereocenters. The Morgan fingerprint density at radius 1 is 0.667 bits per heavy atom. The van der Waals surface area contributed by atoms with E-state index in [2.05, 4.69) is 13.5 Å². The predicted molar refractivity (Wildman–Crippen MR) is 175 cm³/mol. The van der Waals surface area contributed by atoms with E-state index in [0.29, 0.717) is 17.9 Å². The molecule has 0 aromatic heterocycles. The van der Waals surface area contributed by atoms with Crippen LogP contribution >= 0.6 is 0 Å². The summed E-state index contributed by atoms with van der Waals surface area (Å²) in [6.07, 6.45) is 25.5. The molecule has 2 aromatic carbocycles. The second-order valence-corrected chi connectivity index (χ2v) is 12.2. The van der Waals surface area contributed by atoms with Gasteiger partial charge in [-0.3, -0.25) is 0 Å². The first-order valence-electron chi connectivity index (χ1n) is 17.0. The van der Waals surface area contributed by atoms with E-state index >= 15 is 0 Å². The Balaban J connectivity index is 1.24. The van der Waals surface area contributed by atoms with E-state index in [-0.39, 0.29) is 5.97 Å². The van der Waals surface area contributed by atoms with Crippen LogP contribution in [0.1, 0.15) is 133 Å². The maximum absolute atomic E-state index is 12.6. The molecule has 0 heterocycles. The number of esters is 1. The summed E-state index contributed by atoms with van der Waals surface area (Å²) in [5.41, 5.74) is 0.505. The lowest BCUT2D eigenvalue weighted by molar-refractivity contribution is 0.0734. The molecular weight excluding hydrogens is 520 g/mol. The molecule has 0 radical (unpaired) electrons. The molecule has 0 aliphatic heterocycles. The largest absolute Gasteiger partial charge is 0.494 e. The van der Waals surface area contributed by atoms with Gasteiger partial charge in [0.05, 0.1) is 18.8 Å². The Bertz CT molecular complexity index is 973. The summed E-state index contributed by atoms with van der Waals surface area (Å²) < 4.78 is 17.4. The number of unbranched alkanes of at least 4 members (excludes halogenated alkanes) is 9. The van der Waals surface area contributed by atoms with E-state index in [1.165, 1.54) is 96.3 Å². The van der Waals surface area contributed by atoms with Crippen LogP contribution in [0.15, 0.2) is 61.2 Å². The van der Waals surface area contributed by atoms with Gasteiger partial charge in [0.15, 0.2) is 0 Å². The number of carbonyl (C=O) groups is 1. The van der Waals surface area contributed by atoms with Crippen molar-refractivity contribution in [1.82, 2.24) is 0 Å². The molecule has 0 saturated heterocycles. The van der Waals surface area contributed by atoms with Crippen molar-refractivity contribution in [3.63, 3.8) is 0 Å². The van der Waals surface area contributed by atoms with Gasteiger partial charge in [-0.2, -0.15) is 0 Å². The van der Waals surface area contributed by atoms with E-state index in [1.54, 1.807) is 24.3 Å². The second-order valence-electron chi connectivity index (χ2n) is 12.2. The zero-order valence-electron chi connectivity index (χ0n) is 26.3. The quantitative estimate of drug-likeness (QED) is 0.0605. The minimum Gasteiger partial charge on any atom is -0.494 e. The number of rotatable bonds is 22. The Morgan fingerprint density at radius 2 is 1.17 bits per heavy atom. The molecule has 2 aromatic rings. The Kier molecular flexibility index (Phi) is 16.9. The number of ether oxygens (including phenoxy) is 3. The third-order valence-corrected chi connectivity index (χ3v) is 8.65. The fourth-order valence-corrected chi connectivity index (χ4v) is 5.98. The molecular formula is C38H56O4. The number of benzene rings is 2. The van der Waals surface area contributed by atoms with E-state index in [9.17, 15) is 4.79 Å². The molecule has 0 N–H and O–H groups in total. The minimum absolute atomic E-state index is 0.374. The van der Waals surface area contributed by atoms with E-state index in [0.717, 1.165) is 49.2 Å². The van der Waals surface area contributed by atoms with Crippen molar-refractivity contribution >= 4 is 5.97 Å². The second kappa shape index (κ2) is 21.0. The summed E-state index contributed by atoms with van der Waals surface area (Å²) in [6.45, 7) is 7.48. The van der Waals surface area contributed by atoms with Gasteiger partial charge in [-0.15, -0.1) is 6.58 Å². The molecule has 0 spiro atoms. The van der Waals surface area contributed by atoms with Crippen LogP contribution in [0, 0.1) is 11.8 Å². The smallest absolute Gasteiger partial charge is 0.343 e. The zero-order valence-corrected chi connectivity index (χ0v) is 26.3. The van der Waals surface area contributed by atoms with E-state index in [4.69, 9.17) is 14.2 Å². The average molecular weight is 577 g/mol. The van der Waals surface area contributed by atoms with Crippen LogP contribution in [-0.4, -0.2) is 19.2 Å². The van der Waals surface area contributed by atoms with Crippen molar-refractivity contribution in [2.24, 2.45) is 11.8 Å². The molecule has 42 heavy (non-hydrogen) atoms. The lowest BCUT2D eigenvalue weighted by Crippen LogP contribution is -2.15. The van der Waals surface area contributed by atoms with Crippen LogP contribution in [0.3, 0.4) is 0 Å². The minimum atomic E-state index is -0.374. The molecule has 0 bridgehead atoms. The number of hydrogen-bond acceptors (Lipinski definition) is 4. The Hall–Kier alpha value is -2.75. The molecule has 1 fully saturated rings. The van der Waals surface area contributed by atoms with Crippen LogP contribution in [0.4, 0.5) is 0 Å². The highest BCUT2D eigenvalue weighted by Gasteiger charge is 2.20. The predicted octanol–water partition coefficient (Wildman–Crippen LogP) is 11.1. The Labute approximate surface area is 256 Å². The van der Waals surface area contributed by atoms with Crippen LogP contribution in [0.5, 0.6) is 17.2 Å². The van der Waals surface area contributed by atoms with Gasteiger partial charge in [0.25, 0.3) is 0 Å². The first kappa shape index (κ1) is 33.7. The van der Waals surface area contributed by atoms with Crippen LogP contribution in [0.2, 0.25) is 0 Å². The first-order chi connectivity index (χ1) is 20.7. The highest BCUT2D eigenvalue weighted by atomic mass is 16.5. The third-order valence-electron chi connectivity index (χ3n) is 8.65. The molecule has 4 nitrogen and oxygen atoms in total. The van der Waals surface area contributed by atoms with Crippen molar-refractivity contribution < 1.29 is 19.0 Å². The third kappa shape index (κ3) is 13.9. The summed E-state index contributed by atoms with van der Waals surface area (Å²) in [6, 6.07) is 14.5. The topological polar surface area (TPSA) is 44.8 Å². The highest BCUT2D eigenvalue weighted by molar-refractivity contribution is 5.91. The molecule has 4 heteroatoms. The molecule has 1 aliphatic rings. The molecule has 0 unspecified atom stereocenters. The van der Waals surface area contributed by atoms with Crippen LogP contribution in [0.25, 0.3) is 0 Å². The van der Waals surface area contributed by atoms with Crippen molar-refractivity contribution in [2.75, 3.05) is 13.2 Å². The number of hydrogen-bond donors (Lipinski definition) is 0. The van der Waals surface area contributed by atoms with Crippen molar-refractivity contribution in [3.05, 3.63) is 66.7 Å². The number of allylic oxidation sites excluding steroid dienone is 1. The van der Waals surface area contributed by atoms with E-state index in [1.807, 2.05) is 30.3 Å². The zero-order chi connectivity index (χ0) is 29.7. The molecule has 1 aliphatic carbocycles. The molecule has 3 rings (SSSR count). The standard InChI is InChI=1S/C38H56O4/c1-3-5-7-9-10-12-14-30-40-35-24-22-34(23-25-35)38(39)42-37-28-26-36(27-29-37)41-31-15-17-33-20-18-32(19-21-33)16-13-11-8-6-4-2/h3,22-29,32-33H,1,4-21,30-31H2,2H3. The van der Waals surface area contributed by atoms with Gasteiger partial charge in [-0.05, 0) is 92.5 Å². The van der Waals surface area contributed by atoms with E-state index < -0.39 is 0 Å². The van der Waals surface area contributed by atoms with Gasteiger partial charge in [0.1, 0.15) is 17.2 Å². The first-order valence-corrected chi connectivity index (χ1v) is 17.0. The van der Waals surface area contributed by atoms with Crippen molar-refractivity contribution in [1.29, 1.82) is 0 Å². The molecule has 0 amide bonds. The molecule has 1 saturated carbocycles. The summed E-state index contributed by atoms with van der Waals surface area (Å²) in [5.74, 6) is 3.58. The Morgan fingerprint density at radius 3 is 1.81 bits per heavy atom. The fourth-order valence-electron chi connectivity index (χ4n) is 5.98. The summed E-state index contributed by atoms with van der Waals surface area (Å²) in [4.78, 5) is 12.6. The fraction of sp³-hybridized carbons (Fsp3) is 0.605. The maximum atomic E-state index is 12.6. The monoisotopic (exact) mass is 576 g/mol. The van der Waals surface area contributed by atoms with Crippen molar-refractivity contribution in [3.8, 4) is 17.2 Å². The summed E-state index contributed by atoms with van der Waals surface area (Å²) in [5, 5.41) is 0. The average Bonchev–Trinajstić information content (AvgIpc) is 3.02. The highest BCUT2D eigenvalue weighted by Crippen LogP contribution is 2.34. The van der Waals surface area contributed by atoms with Gasteiger partial charge in [0.2, 0.25) is 0 Å². The summed E-state index contributed by atoms with van der Waals surface area (Å²) >= 11 is 0. The van der Waals surface area contributed by atoms with Crippen LogP contribution in [-0.2, 0) is 0 Å². The van der Waals surface area contributed by atoms with Crippen molar-refractivity contribution in [2.45, 2.75) is 122 Å². The lowest BCUT2D eigenvalue weighted by atomic mass is 9.78. The summed E-state index contributed by atoms with van der Waals surface area (Å²) in [7, 11) is 0. The lowest BCUT2D eigenvalue weighted by Gasteiger charge is -2.28. The maximum Gasteiger partial charge on any atom is 0.343 e. The normalized spacial score (nSPS) is 16.6. The van der Waals surface area contributed by atoms with Gasteiger partial charge < -0.3 is 14.2 Å². The number of carbonyl (C=O) groups excluding carboxylic acids is 1. The van der Waals surface area contributed by atoms with Gasteiger partial charge in [-0.1, -0.05) is 96.5 Å². The van der Waals surface area contributed by atoms with Gasteiger partial charge >= 0.3 is 5.97 Å². The van der Waals surface area contributed by atoms with Crippen LogP contribution < -0.4 is 14.2 Å². The SMILES string of the molecule is C=CCCCCCCCOc1ccc(C(=O)Oc2ccc(OCCCC3CCC(CCCCCCC)CC3)cc2)cc1. The van der Waals surface area contributed by atoms with Gasteiger partial charge in [0, 0.05) is 0 Å². The van der Waals surface area contributed by atoms with Gasteiger partial charge in [-0.25, -0.2) is 4.79 Å². The molecule has 232 valence electrons.